The van der Waals surface area contributed by atoms with Gasteiger partial charge in [0.2, 0.25) is 0 Å². The highest BCUT2D eigenvalue weighted by molar-refractivity contribution is 14.1. The van der Waals surface area contributed by atoms with Crippen LogP contribution in [-0.4, -0.2) is 15.7 Å². The zero-order valence-corrected chi connectivity index (χ0v) is 15.0. The number of nitrogens with zero attached hydrogens (tertiary/aromatic N) is 3. The lowest BCUT2D eigenvalue weighted by Crippen LogP contribution is -2.40. The number of benzene rings is 1. The molecule has 0 unspecified atom stereocenters. The number of hydrogen-bond acceptors (Lipinski definition) is 4. The highest BCUT2D eigenvalue weighted by Gasteiger charge is 2.31. The fraction of sp³-hybridized carbons (Fsp3) is 0.312. The molecule has 1 aromatic carbocycles. The number of nitrogens with one attached hydrogen (secondary N) is 2. The van der Waals surface area contributed by atoms with Crippen molar-refractivity contribution in [1.82, 2.24) is 15.1 Å². The van der Waals surface area contributed by atoms with Gasteiger partial charge in [-0.25, -0.2) is 0 Å². The van der Waals surface area contributed by atoms with Gasteiger partial charge >= 0.3 is 0 Å². The minimum atomic E-state index is -0.809. The van der Waals surface area contributed by atoms with E-state index in [2.05, 4.69) is 44.4 Å². The zero-order chi connectivity index (χ0) is 16.6. The second kappa shape index (κ2) is 5.94. The van der Waals surface area contributed by atoms with Crippen molar-refractivity contribution >= 4 is 34.2 Å². The second-order valence-electron chi connectivity index (χ2n) is 5.95. The van der Waals surface area contributed by atoms with Crippen LogP contribution in [0.2, 0.25) is 0 Å². The molecule has 0 saturated carbocycles. The molecule has 0 bridgehead atoms. The van der Waals surface area contributed by atoms with E-state index >= 15 is 0 Å². The molecule has 0 fully saturated rings. The van der Waals surface area contributed by atoms with E-state index in [0.717, 1.165) is 20.4 Å². The largest absolute Gasteiger partial charge is 0.324 e. The third kappa shape index (κ3) is 2.84. The Kier molecular flexibility index (Phi) is 4.12. The molecule has 0 saturated heterocycles. The molecule has 3 rings (SSSR count). The Morgan fingerprint density at radius 1 is 1.43 bits per heavy atom. The Morgan fingerprint density at radius 3 is 2.83 bits per heavy atom. The molecule has 1 aromatic heterocycles. The van der Waals surface area contributed by atoms with Gasteiger partial charge in [0.1, 0.15) is 5.54 Å². The SMILES string of the molecule is CC(C)(C(=O)Nc1ccc(C#N)c2c1CNC2)n1cc(I)cn1. The van der Waals surface area contributed by atoms with E-state index in [0.29, 0.717) is 18.7 Å². The van der Waals surface area contributed by atoms with Gasteiger partial charge in [-0.05, 0) is 59.7 Å². The summed E-state index contributed by atoms with van der Waals surface area (Å²) in [5.74, 6) is -0.143. The summed E-state index contributed by atoms with van der Waals surface area (Å²) in [7, 11) is 0. The van der Waals surface area contributed by atoms with E-state index < -0.39 is 5.54 Å². The van der Waals surface area contributed by atoms with Crippen molar-refractivity contribution in [1.29, 1.82) is 5.26 Å². The van der Waals surface area contributed by atoms with Crippen LogP contribution in [0.15, 0.2) is 24.5 Å². The smallest absolute Gasteiger partial charge is 0.251 e. The van der Waals surface area contributed by atoms with Gasteiger partial charge in [-0.3, -0.25) is 9.48 Å². The molecule has 1 aliphatic rings. The van der Waals surface area contributed by atoms with Crippen LogP contribution in [0.3, 0.4) is 0 Å². The molecule has 6 nitrogen and oxygen atoms in total. The average Bonchev–Trinajstić information content (AvgIpc) is 3.16. The number of nitriles is 1. The molecule has 2 aromatic rings. The van der Waals surface area contributed by atoms with Gasteiger partial charge in [0, 0.05) is 25.0 Å². The lowest BCUT2D eigenvalue weighted by molar-refractivity contribution is -0.123. The van der Waals surface area contributed by atoms with Gasteiger partial charge in [-0.15, -0.1) is 0 Å². The van der Waals surface area contributed by atoms with Gasteiger partial charge in [0.15, 0.2) is 0 Å². The number of amides is 1. The summed E-state index contributed by atoms with van der Waals surface area (Å²) >= 11 is 2.17. The maximum absolute atomic E-state index is 12.7. The van der Waals surface area contributed by atoms with Gasteiger partial charge in [-0.2, -0.15) is 10.4 Å². The van der Waals surface area contributed by atoms with Crippen LogP contribution in [0.5, 0.6) is 0 Å². The number of carbonyl (C=O) groups excluding carboxylic acids is 1. The monoisotopic (exact) mass is 421 g/mol. The predicted octanol–water partition coefficient (Wildman–Crippen LogP) is 2.34. The standard InChI is InChI=1S/C16H16IN5O/c1-16(2,22-9-11(17)6-20-22)15(23)21-14-4-3-10(5-18)12-7-19-8-13(12)14/h3-4,6,9,19H,7-8H2,1-2H3,(H,21,23). The minimum absolute atomic E-state index is 0.143. The summed E-state index contributed by atoms with van der Waals surface area (Å²) in [5.41, 5.74) is 2.56. The summed E-state index contributed by atoms with van der Waals surface area (Å²) in [5, 5.41) is 19.6. The summed E-state index contributed by atoms with van der Waals surface area (Å²) in [6, 6.07) is 5.75. The number of anilines is 1. The number of fused-ring (bicyclic) bond motifs is 1. The third-order valence-corrected chi connectivity index (χ3v) is 4.64. The lowest BCUT2D eigenvalue weighted by Gasteiger charge is -2.25. The molecule has 7 heteroatoms. The first-order valence-electron chi connectivity index (χ1n) is 7.21. The van der Waals surface area contributed by atoms with Crippen molar-refractivity contribution in [2.75, 3.05) is 5.32 Å². The first-order chi connectivity index (χ1) is 10.9. The molecular formula is C16H16IN5O. The summed E-state index contributed by atoms with van der Waals surface area (Å²) in [6.07, 6.45) is 3.56. The van der Waals surface area contributed by atoms with E-state index in [1.54, 1.807) is 23.0 Å². The van der Waals surface area contributed by atoms with E-state index in [9.17, 15) is 10.1 Å². The molecule has 2 heterocycles. The van der Waals surface area contributed by atoms with Gasteiger partial charge in [0.25, 0.3) is 5.91 Å². The molecule has 2 N–H and O–H groups in total. The van der Waals surface area contributed by atoms with Crippen molar-refractivity contribution in [3.05, 3.63) is 44.8 Å². The van der Waals surface area contributed by atoms with Gasteiger partial charge < -0.3 is 10.6 Å². The number of aromatic nitrogens is 2. The zero-order valence-electron chi connectivity index (χ0n) is 12.9. The summed E-state index contributed by atoms with van der Waals surface area (Å²) < 4.78 is 2.64. The molecule has 1 aliphatic heterocycles. The van der Waals surface area contributed by atoms with Crippen molar-refractivity contribution in [3.63, 3.8) is 0 Å². The number of halogens is 1. The van der Waals surface area contributed by atoms with Crippen molar-refractivity contribution in [2.45, 2.75) is 32.5 Å². The Bertz CT molecular complexity index is 818. The fourth-order valence-electron chi connectivity index (χ4n) is 2.62. The van der Waals surface area contributed by atoms with Gasteiger partial charge in [-0.1, -0.05) is 0 Å². The van der Waals surface area contributed by atoms with Crippen LogP contribution >= 0.6 is 22.6 Å². The average molecular weight is 421 g/mol. The lowest BCUT2D eigenvalue weighted by atomic mass is 10.0. The van der Waals surface area contributed by atoms with E-state index in [1.165, 1.54) is 0 Å². The number of hydrogen-bond donors (Lipinski definition) is 2. The van der Waals surface area contributed by atoms with Crippen LogP contribution in [0.4, 0.5) is 5.69 Å². The normalized spacial score (nSPS) is 13.5. The Balaban J connectivity index is 1.90. The highest BCUT2D eigenvalue weighted by Crippen LogP contribution is 2.28. The molecule has 0 aliphatic carbocycles. The molecule has 0 atom stereocenters. The van der Waals surface area contributed by atoms with Crippen molar-refractivity contribution in [3.8, 4) is 6.07 Å². The fourth-order valence-corrected chi connectivity index (χ4v) is 3.01. The third-order valence-electron chi connectivity index (χ3n) is 4.08. The van der Waals surface area contributed by atoms with Crippen LogP contribution in [0.1, 0.15) is 30.5 Å². The van der Waals surface area contributed by atoms with Crippen LogP contribution in [0.25, 0.3) is 0 Å². The Hall–Kier alpha value is -1.92. The molecule has 1 amide bonds. The van der Waals surface area contributed by atoms with Gasteiger partial charge in [0.05, 0.1) is 21.4 Å². The van der Waals surface area contributed by atoms with E-state index in [-0.39, 0.29) is 5.91 Å². The maximum atomic E-state index is 12.7. The van der Waals surface area contributed by atoms with Crippen LogP contribution in [-0.2, 0) is 23.4 Å². The van der Waals surface area contributed by atoms with Crippen molar-refractivity contribution < 1.29 is 4.79 Å². The Morgan fingerprint density at radius 2 is 2.17 bits per heavy atom. The minimum Gasteiger partial charge on any atom is -0.324 e. The predicted molar refractivity (Wildman–Crippen MR) is 94.6 cm³/mol. The first kappa shape index (κ1) is 16.0. The van der Waals surface area contributed by atoms with Crippen LogP contribution in [0, 0.1) is 14.9 Å². The number of carbonyl (C=O) groups is 1. The van der Waals surface area contributed by atoms with E-state index in [4.69, 9.17) is 0 Å². The topological polar surface area (TPSA) is 82.7 Å². The molecule has 0 radical (unpaired) electrons. The Labute approximate surface area is 148 Å². The quantitative estimate of drug-likeness (QED) is 0.746. The molecule has 0 spiro atoms. The molecular weight excluding hydrogens is 405 g/mol. The molecule has 118 valence electrons. The second-order valence-corrected chi connectivity index (χ2v) is 7.20. The van der Waals surface area contributed by atoms with Crippen LogP contribution < -0.4 is 10.6 Å². The maximum Gasteiger partial charge on any atom is 0.251 e. The first-order valence-corrected chi connectivity index (χ1v) is 8.29. The molecule has 23 heavy (non-hydrogen) atoms. The summed E-state index contributed by atoms with van der Waals surface area (Å²) in [4.78, 5) is 12.7. The number of rotatable bonds is 3. The van der Waals surface area contributed by atoms with Crippen molar-refractivity contribution in [2.24, 2.45) is 0 Å². The highest BCUT2D eigenvalue weighted by atomic mass is 127. The summed E-state index contributed by atoms with van der Waals surface area (Å²) in [6.45, 7) is 4.96. The van der Waals surface area contributed by atoms with E-state index in [1.807, 2.05) is 20.0 Å².